The number of hydrogen-bond donors (Lipinski definition) is 2. The quantitative estimate of drug-likeness (QED) is 0.856. The molecular weight excluding hydrogens is 246 g/mol. The third-order valence-electron chi connectivity index (χ3n) is 2.80. The molecule has 0 saturated carbocycles. The van der Waals surface area contributed by atoms with E-state index in [1.54, 1.807) is 0 Å². The minimum absolute atomic E-state index is 0.0695. The third kappa shape index (κ3) is 4.99. The molecule has 0 unspecified atom stereocenters. The topological polar surface area (TPSA) is 75.6 Å². The Hall–Kier alpha value is -2.04. The smallest absolute Gasteiger partial charge is 0.407 e. The van der Waals surface area contributed by atoms with Gasteiger partial charge in [0.1, 0.15) is 6.61 Å². The molecule has 0 aromatic heterocycles. The summed E-state index contributed by atoms with van der Waals surface area (Å²) in [5.74, 6) is -0.953. The van der Waals surface area contributed by atoms with E-state index in [1.165, 1.54) is 5.56 Å². The van der Waals surface area contributed by atoms with Gasteiger partial charge in [-0.25, -0.2) is 4.79 Å². The van der Waals surface area contributed by atoms with Crippen LogP contribution in [0.1, 0.15) is 28.7 Å². The number of alkyl carbamates (subject to hydrolysis) is 1. The van der Waals surface area contributed by atoms with Crippen molar-refractivity contribution < 1.29 is 19.4 Å². The summed E-state index contributed by atoms with van der Waals surface area (Å²) < 4.78 is 5.07. The first-order valence-electron chi connectivity index (χ1n) is 6.09. The first-order chi connectivity index (χ1) is 8.90. The fourth-order valence-corrected chi connectivity index (χ4v) is 1.90. The normalized spacial score (nSPS) is 10.1. The average Bonchev–Trinajstić information content (AvgIpc) is 2.26. The van der Waals surface area contributed by atoms with Crippen molar-refractivity contribution in [2.24, 2.45) is 0 Å². The zero-order valence-electron chi connectivity index (χ0n) is 11.4. The van der Waals surface area contributed by atoms with Gasteiger partial charge in [-0.2, -0.15) is 0 Å². The van der Waals surface area contributed by atoms with E-state index in [0.717, 1.165) is 16.7 Å². The number of hydrogen-bond acceptors (Lipinski definition) is 3. The maximum Gasteiger partial charge on any atom is 0.407 e. The maximum atomic E-state index is 11.4. The number of carbonyl (C=O) groups is 2. The highest BCUT2D eigenvalue weighted by Gasteiger charge is 2.08. The second kappa shape index (κ2) is 6.78. The zero-order chi connectivity index (χ0) is 14.4. The lowest BCUT2D eigenvalue weighted by atomic mass is 10.0. The molecule has 0 saturated heterocycles. The lowest BCUT2D eigenvalue weighted by Crippen LogP contribution is -2.26. The van der Waals surface area contributed by atoms with E-state index in [2.05, 4.69) is 5.32 Å². The van der Waals surface area contributed by atoms with Crippen LogP contribution in [-0.2, 0) is 16.1 Å². The summed E-state index contributed by atoms with van der Waals surface area (Å²) in [6, 6.07) is 4.07. The Kier molecular flexibility index (Phi) is 5.36. The summed E-state index contributed by atoms with van der Waals surface area (Å²) in [5.41, 5.74) is 4.32. The first kappa shape index (κ1) is 15.0. The van der Waals surface area contributed by atoms with Gasteiger partial charge in [-0.1, -0.05) is 17.7 Å². The molecule has 0 aliphatic carbocycles. The van der Waals surface area contributed by atoms with Gasteiger partial charge in [-0.3, -0.25) is 4.79 Å². The van der Waals surface area contributed by atoms with Crippen LogP contribution in [0.4, 0.5) is 4.79 Å². The molecule has 1 aromatic rings. The minimum atomic E-state index is -0.953. The maximum absolute atomic E-state index is 11.4. The lowest BCUT2D eigenvalue weighted by molar-refractivity contribution is -0.136. The van der Waals surface area contributed by atoms with Crippen LogP contribution in [0, 0.1) is 20.8 Å². The highest BCUT2D eigenvalue weighted by molar-refractivity contribution is 5.70. The molecule has 2 N–H and O–H groups in total. The van der Waals surface area contributed by atoms with Crippen LogP contribution in [-0.4, -0.2) is 23.7 Å². The van der Waals surface area contributed by atoms with E-state index >= 15 is 0 Å². The number of benzene rings is 1. The van der Waals surface area contributed by atoms with Gasteiger partial charge >= 0.3 is 12.1 Å². The summed E-state index contributed by atoms with van der Waals surface area (Å²) in [5, 5.41) is 10.8. The van der Waals surface area contributed by atoms with Crippen molar-refractivity contribution in [1.82, 2.24) is 5.32 Å². The van der Waals surface area contributed by atoms with E-state index in [-0.39, 0.29) is 19.6 Å². The molecular formula is C14H19NO4. The van der Waals surface area contributed by atoms with Gasteiger partial charge in [0, 0.05) is 6.54 Å². The SMILES string of the molecule is Cc1cc(C)c(COC(=O)NCCC(=O)O)c(C)c1. The van der Waals surface area contributed by atoms with E-state index in [1.807, 2.05) is 32.9 Å². The van der Waals surface area contributed by atoms with E-state index in [0.29, 0.717) is 0 Å². The van der Waals surface area contributed by atoms with Gasteiger partial charge in [0.05, 0.1) is 6.42 Å². The molecule has 0 spiro atoms. The van der Waals surface area contributed by atoms with E-state index in [9.17, 15) is 9.59 Å². The second-order valence-electron chi connectivity index (χ2n) is 4.52. The number of aliphatic carboxylic acids is 1. The first-order valence-corrected chi connectivity index (χ1v) is 6.09. The van der Waals surface area contributed by atoms with Crippen molar-refractivity contribution in [3.05, 3.63) is 34.4 Å². The molecule has 0 fully saturated rings. The fraction of sp³-hybridized carbons (Fsp3) is 0.429. The van der Waals surface area contributed by atoms with Crippen molar-refractivity contribution >= 4 is 12.1 Å². The number of rotatable bonds is 5. The molecule has 104 valence electrons. The standard InChI is InChI=1S/C14H19NO4/c1-9-6-10(2)12(11(3)7-9)8-19-14(18)15-5-4-13(16)17/h6-7H,4-5,8H2,1-3H3,(H,15,18)(H,16,17). The molecule has 0 aliphatic rings. The van der Waals surface area contributed by atoms with Gasteiger partial charge in [-0.05, 0) is 37.5 Å². The summed E-state index contributed by atoms with van der Waals surface area (Å²) in [6.07, 6.45) is -0.710. The van der Waals surface area contributed by atoms with E-state index in [4.69, 9.17) is 9.84 Å². The van der Waals surface area contributed by atoms with Crippen molar-refractivity contribution in [3.63, 3.8) is 0 Å². The Bertz CT molecular complexity index is 459. The van der Waals surface area contributed by atoms with Crippen molar-refractivity contribution in [2.75, 3.05) is 6.54 Å². The molecule has 0 heterocycles. The summed E-state index contributed by atoms with van der Waals surface area (Å²) >= 11 is 0. The van der Waals surface area contributed by atoms with Gasteiger partial charge in [0.15, 0.2) is 0 Å². The number of aryl methyl sites for hydroxylation is 3. The Labute approximate surface area is 112 Å². The number of ether oxygens (including phenoxy) is 1. The predicted octanol–water partition coefficient (Wildman–Crippen LogP) is 2.31. The van der Waals surface area contributed by atoms with Gasteiger partial charge in [0.2, 0.25) is 0 Å². The largest absolute Gasteiger partial charge is 0.481 e. The van der Waals surface area contributed by atoms with Gasteiger partial charge < -0.3 is 15.2 Å². The van der Waals surface area contributed by atoms with Crippen molar-refractivity contribution in [2.45, 2.75) is 33.8 Å². The Morgan fingerprint density at radius 1 is 1.21 bits per heavy atom. The second-order valence-corrected chi connectivity index (χ2v) is 4.52. The zero-order valence-corrected chi connectivity index (χ0v) is 11.4. The third-order valence-corrected chi connectivity index (χ3v) is 2.80. The number of carbonyl (C=O) groups excluding carboxylic acids is 1. The molecule has 0 atom stereocenters. The summed E-state index contributed by atoms with van der Waals surface area (Å²) in [6.45, 7) is 6.22. The van der Waals surface area contributed by atoms with Crippen molar-refractivity contribution in [1.29, 1.82) is 0 Å². The molecule has 1 rings (SSSR count). The molecule has 5 nitrogen and oxygen atoms in total. The van der Waals surface area contributed by atoms with E-state index < -0.39 is 12.1 Å². The van der Waals surface area contributed by atoms with Crippen molar-refractivity contribution in [3.8, 4) is 0 Å². The fourth-order valence-electron chi connectivity index (χ4n) is 1.90. The monoisotopic (exact) mass is 265 g/mol. The van der Waals surface area contributed by atoms with Crippen LogP contribution in [0.25, 0.3) is 0 Å². The van der Waals surface area contributed by atoms with Crippen LogP contribution >= 0.6 is 0 Å². The highest BCUT2D eigenvalue weighted by Crippen LogP contribution is 2.17. The number of carboxylic acids is 1. The minimum Gasteiger partial charge on any atom is -0.481 e. The Balaban J connectivity index is 2.48. The molecule has 1 amide bonds. The van der Waals surface area contributed by atoms with Crippen LogP contribution in [0.5, 0.6) is 0 Å². The molecule has 0 radical (unpaired) electrons. The number of carboxylic acid groups (broad SMARTS) is 1. The summed E-state index contributed by atoms with van der Waals surface area (Å²) in [7, 11) is 0. The number of amides is 1. The van der Waals surface area contributed by atoms with Crippen LogP contribution in [0.15, 0.2) is 12.1 Å². The Morgan fingerprint density at radius 3 is 2.32 bits per heavy atom. The molecule has 0 bridgehead atoms. The van der Waals surface area contributed by atoms with Crippen LogP contribution in [0.3, 0.4) is 0 Å². The molecule has 0 aliphatic heterocycles. The highest BCUT2D eigenvalue weighted by atomic mass is 16.5. The van der Waals surface area contributed by atoms with Crippen LogP contribution in [0.2, 0.25) is 0 Å². The number of nitrogens with one attached hydrogen (secondary N) is 1. The predicted molar refractivity (Wildman–Crippen MR) is 71.1 cm³/mol. The van der Waals surface area contributed by atoms with Gasteiger partial charge in [-0.15, -0.1) is 0 Å². The molecule has 1 aromatic carbocycles. The van der Waals surface area contributed by atoms with Gasteiger partial charge in [0.25, 0.3) is 0 Å². The Morgan fingerprint density at radius 2 is 1.79 bits per heavy atom. The van der Waals surface area contributed by atoms with Crippen LogP contribution < -0.4 is 5.32 Å². The molecule has 19 heavy (non-hydrogen) atoms. The lowest BCUT2D eigenvalue weighted by Gasteiger charge is -2.12. The summed E-state index contributed by atoms with van der Waals surface area (Å²) in [4.78, 5) is 21.7. The molecule has 5 heteroatoms. The average molecular weight is 265 g/mol.